The molecule has 2 aromatic rings. The molecule has 0 spiro atoms. The average Bonchev–Trinajstić information content (AvgIpc) is 2.95. The van der Waals surface area contributed by atoms with E-state index >= 15 is 0 Å². The fourth-order valence-corrected chi connectivity index (χ4v) is 1.74. The molecule has 0 fully saturated rings. The van der Waals surface area contributed by atoms with E-state index in [0.29, 0.717) is 5.69 Å². The van der Waals surface area contributed by atoms with Crippen molar-refractivity contribution in [2.45, 2.75) is 6.04 Å². The standard InChI is InChI=1S/C11H11F2N5OS/c1-19-11(20)16-10(8-4-15-18-17-8)5-2-6(12)9(14)7(13)3-5/h2-4,10H,14H2,1H3,(H,16,20)(H,15,17,18). The molecule has 1 heterocycles. The number of nitrogen functional groups attached to an aromatic ring is 1. The number of hydrogen-bond donors (Lipinski definition) is 3. The van der Waals surface area contributed by atoms with Gasteiger partial charge in [-0.2, -0.15) is 0 Å². The Bertz CT molecular complexity index is 596. The number of hydrogen-bond acceptors (Lipinski definition) is 5. The number of aromatic amines is 1. The zero-order chi connectivity index (χ0) is 14.7. The summed E-state index contributed by atoms with van der Waals surface area (Å²) in [6, 6.07) is 1.48. The van der Waals surface area contributed by atoms with E-state index in [1.54, 1.807) is 0 Å². The number of nitrogens with two attached hydrogens (primary N) is 1. The summed E-state index contributed by atoms with van der Waals surface area (Å²) in [4.78, 5) is 0. The molecular weight excluding hydrogens is 288 g/mol. The predicted octanol–water partition coefficient (Wildman–Crippen LogP) is 1.28. The third kappa shape index (κ3) is 2.82. The van der Waals surface area contributed by atoms with Crippen LogP contribution in [-0.2, 0) is 4.74 Å². The second-order valence-corrected chi connectivity index (χ2v) is 4.24. The largest absolute Gasteiger partial charge is 0.474 e. The third-order valence-electron chi connectivity index (χ3n) is 2.61. The maximum Gasteiger partial charge on any atom is 0.257 e. The number of methoxy groups -OCH3 is 1. The lowest BCUT2D eigenvalue weighted by Gasteiger charge is -2.18. The molecule has 0 saturated carbocycles. The molecule has 2 rings (SSSR count). The molecule has 0 aliphatic heterocycles. The second kappa shape index (κ2) is 5.78. The van der Waals surface area contributed by atoms with E-state index in [1.165, 1.54) is 13.3 Å². The molecule has 1 unspecified atom stereocenters. The van der Waals surface area contributed by atoms with E-state index in [4.69, 9.17) is 22.7 Å². The number of thiocarbonyl (C=S) groups is 1. The molecule has 20 heavy (non-hydrogen) atoms. The maximum absolute atomic E-state index is 13.6. The number of H-pyrrole nitrogens is 1. The lowest BCUT2D eigenvalue weighted by molar-refractivity contribution is 0.386. The topological polar surface area (TPSA) is 88.9 Å². The van der Waals surface area contributed by atoms with Crippen LogP contribution in [0.25, 0.3) is 0 Å². The highest BCUT2D eigenvalue weighted by atomic mass is 32.1. The molecule has 106 valence electrons. The van der Waals surface area contributed by atoms with E-state index in [0.717, 1.165) is 12.1 Å². The highest BCUT2D eigenvalue weighted by Gasteiger charge is 2.21. The van der Waals surface area contributed by atoms with Crippen molar-refractivity contribution in [1.82, 2.24) is 20.7 Å². The summed E-state index contributed by atoms with van der Waals surface area (Å²) < 4.78 is 32.0. The Morgan fingerprint density at radius 1 is 1.45 bits per heavy atom. The van der Waals surface area contributed by atoms with Gasteiger partial charge in [0, 0.05) is 6.20 Å². The SMILES string of the molecule is COC(=S)NC(c1cc(F)c(N)c(F)c1)c1c[nH]nn1. The molecule has 1 atom stereocenters. The summed E-state index contributed by atoms with van der Waals surface area (Å²) in [5.41, 5.74) is 5.35. The van der Waals surface area contributed by atoms with Crippen molar-refractivity contribution < 1.29 is 13.5 Å². The van der Waals surface area contributed by atoms with Crippen LogP contribution in [0.3, 0.4) is 0 Å². The first-order chi connectivity index (χ1) is 9.52. The Morgan fingerprint density at radius 3 is 2.60 bits per heavy atom. The van der Waals surface area contributed by atoms with Gasteiger partial charge in [-0.05, 0) is 29.9 Å². The van der Waals surface area contributed by atoms with Gasteiger partial charge in [-0.1, -0.05) is 5.21 Å². The summed E-state index contributed by atoms with van der Waals surface area (Å²) >= 11 is 4.89. The van der Waals surface area contributed by atoms with Crippen molar-refractivity contribution in [3.05, 3.63) is 41.2 Å². The van der Waals surface area contributed by atoms with E-state index < -0.39 is 23.4 Å². The van der Waals surface area contributed by atoms with Crippen LogP contribution in [0, 0.1) is 11.6 Å². The molecule has 0 amide bonds. The number of ether oxygens (including phenoxy) is 1. The van der Waals surface area contributed by atoms with Crippen molar-refractivity contribution in [2.75, 3.05) is 12.8 Å². The fourth-order valence-electron chi connectivity index (χ4n) is 1.63. The normalized spacial score (nSPS) is 11.9. The predicted molar refractivity (Wildman–Crippen MR) is 71.7 cm³/mol. The smallest absolute Gasteiger partial charge is 0.257 e. The summed E-state index contributed by atoms with van der Waals surface area (Å²) in [7, 11) is 1.37. The maximum atomic E-state index is 13.6. The van der Waals surface area contributed by atoms with Crippen molar-refractivity contribution in [3.8, 4) is 0 Å². The van der Waals surface area contributed by atoms with Gasteiger partial charge in [0.25, 0.3) is 5.17 Å². The Morgan fingerprint density at radius 2 is 2.10 bits per heavy atom. The highest BCUT2D eigenvalue weighted by molar-refractivity contribution is 7.80. The van der Waals surface area contributed by atoms with Gasteiger partial charge in [0.2, 0.25) is 0 Å². The van der Waals surface area contributed by atoms with Crippen molar-refractivity contribution in [2.24, 2.45) is 0 Å². The molecule has 0 bridgehead atoms. The summed E-state index contributed by atoms with van der Waals surface area (Å²) in [5, 5.41) is 12.7. The van der Waals surface area contributed by atoms with E-state index in [2.05, 4.69) is 20.7 Å². The molecule has 9 heteroatoms. The summed E-state index contributed by atoms with van der Waals surface area (Å²) in [5.74, 6) is -1.72. The Balaban J connectivity index is 2.43. The van der Waals surface area contributed by atoms with Crippen molar-refractivity contribution >= 4 is 23.1 Å². The second-order valence-electron chi connectivity index (χ2n) is 3.87. The molecule has 0 radical (unpaired) electrons. The molecule has 1 aromatic carbocycles. The van der Waals surface area contributed by atoms with Gasteiger partial charge < -0.3 is 15.8 Å². The number of halogens is 2. The Kier molecular flexibility index (Phi) is 4.08. The number of anilines is 1. The minimum absolute atomic E-state index is 0.0515. The summed E-state index contributed by atoms with van der Waals surface area (Å²) in [6.07, 6.45) is 1.47. The number of nitrogens with zero attached hydrogens (tertiary/aromatic N) is 2. The van der Waals surface area contributed by atoms with Crippen LogP contribution in [-0.4, -0.2) is 27.7 Å². The van der Waals surface area contributed by atoms with Crippen LogP contribution in [0.5, 0.6) is 0 Å². The minimum atomic E-state index is -0.862. The number of aromatic nitrogens is 3. The van der Waals surface area contributed by atoms with Gasteiger partial charge in [0.05, 0.1) is 7.11 Å². The third-order valence-corrected chi connectivity index (χ3v) is 2.90. The van der Waals surface area contributed by atoms with Crippen LogP contribution in [0.4, 0.5) is 14.5 Å². The first-order valence-corrected chi connectivity index (χ1v) is 5.89. The lowest BCUT2D eigenvalue weighted by Crippen LogP contribution is -2.29. The molecule has 0 aliphatic rings. The fraction of sp³-hybridized carbons (Fsp3) is 0.182. The molecule has 0 saturated heterocycles. The minimum Gasteiger partial charge on any atom is -0.474 e. The van der Waals surface area contributed by atoms with Gasteiger partial charge in [-0.25, -0.2) is 8.78 Å². The van der Waals surface area contributed by atoms with E-state index in [-0.39, 0.29) is 10.7 Å². The van der Waals surface area contributed by atoms with Gasteiger partial charge in [-0.15, -0.1) is 5.10 Å². The monoisotopic (exact) mass is 299 g/mol. The zero-order valence-electron chi connectivity index (χ0n) is 10.4. The van der Waals surface area contributed by atoms with Gasteiger partial charge in [0.1, 0.15) is 29.1 Å². The Hall–Kier alpha value is -2.29. The van der Waals surface area contributed by atoms with Crippen LogP contribution < -0.4 is 11.1 Å². The number of benzene rings is 1. The van der Waals surface area contributed by atoms with E-state index in [9.17, 15) is 8.78 Å². The molecule has 4 N–H and O–H groups in total. The number of nitrogens with one attached hydrogen (secondary N) is 2. The van der Waals surface area contributed by atoms with Gasteiger partial charge in [0.15, 0.2) is 0 Å². The molecule has 0 aliphatic carbocycles. The Labute approximate surface area is 118 Å². The van der Waals surface area contributed by atoms with Gasteiger partial charge >= 0.3 is 0 Å². The van der Waals surface area contributed by atoms with Crippen molar-refractivity contribution in [3.63, 3.8) is 0 Å². The highest BCUT2D eigenvalue weighted by Crippen LogP contribution is 2.25. The first-order valence-electron chi connectivity index (χ1n) is 5.48. The summed E-state index contributed by atoms with van der Waals surface area (Å²) in [6.45, 7) is 0. The molecule has 6 nitrogen and oxygen atoms in total. The van der Waals surface area contributed by atoms with Crippen molar-refractivity contribution in [1.29, 1.82) is 0 Å². The van der Waals surface area contributed by atoms with Crippen LogP contribution in [0.15, 0.2) is 18.3 Å². The van der Waals surface area contributed by atoms with E-state index in [1.807, 2.05) is 0 Å². The van der Waals surface area contributed by atoms with Crippen LogP contribution in [0.2, 0.25) is 0 Å². The first kappa shape index (κ1) is 14.1. The van der Waals surface area contributed by atoms with Crippen LogP contribution >= 0.6 is 12.2 Å². The van der Waals surface area contributed by atoms with Crippen LogP contribution in [0.1, 0.15) is 17.3 Å². The average molecular weight is 299 g/mol. The molecule has 1 aromatic heterocycles. The zero-order valence-corrected chi connectivity index (χ0v) is 11.2. The lowest BCUT2D eigenvalue weighted by atomic mass is 10.0. The quantitative estimate of drug-likeness (QED) is 0.584. The van der Waals surface area contributed by atoms with Gasteiger partial charge in [-0.3, -0.25) is 5.10 Å². The number of rotatable bonds is 3. The molecular formula is C11H11F2N5OS.